The summed E-state index contributed by atoms with van der Waals surface area (Å²) in [5.41, 5.74) is 0. The van der Waals surface area contributed by atoms with Crippen LogP contribution in [-0.4, -0.2) is 47.8 Å². The lowest BCUT2D eigenvalue weighted by molar-refractivity contribution is -0.269. The number of carbonyl (C=O) groups excluding carboxylic acids is 2. The van der Waals surface area contributed by atoms with Gasteiger partial charge in [0.1, 0.15) is 0 Å². The van der Waals surface area contributed by atoms with Crippen LogP contribution in [0.15, 0.2) is 0 Å². The molecule has 1 heterocycles. The second-order valence-electron chi connectivity index (χ2n) is 3.82. The first kappa shape index (κ1) is 13.9. The summed E-state index contributed by atoms with van der Waals surface area (Å²) in [6.07, 6.45) is -6.88. The normalized spacial score (nSPS) is 37.4. The number of aliphatic hydroxyl groups is 1. The number of halogens is 1. The number of alkyl halides is 1. The molecule has 17 heavy (non-hydrogen) atoms. The smallest absolute Gasteiger partial charge is 0.303 e. The molecule has 5 atom stereocenters. The molecule has 0 aliphatic carbocycles. The molecule has 1 aliphatic heterocycles. The quantitative estimate of drug-likeness (QED) is 0.690. The van der Waals surface area contributed by atoms with Gasteiger partial charge in [-0.1, -0.05) is 0 Å². The highest BCUT2D eigenvalue weighted by atomic mass is 19.1. The van der Waals surface area contributed by atoms with Gasteiger partial charge in [0.05, 0.1) is 6.10 Å². The van der Waals surface area contributed by atoms with E-state index < -0.39 is 42.7 Å². The van der Waals surface area contributed by atoms with E-state index in [9.17, 15) is 19.1 Å². The second kappa shape index (κ2) is 5.42. The summed E-state index contributed by atoms with van der Waals surface area (Å²) in [5.74, 6) is -1.37. The number of ether oxygens (including phenoxy) is 3. The van der Waals surface area contributed by atoms with Crippen LogP contribution in [0.2, 0.25) is 0 Å². The summed E-state index contributed by atoms with van der Waals surface area (Å²) in [5, 5.41) is 9.25. The predicted octanol–water partition coefficient (Wildman–Crippen LogP) is -0.0750. The molecule has 1 unspecified atom stereocenters. The highest BCUT2D eigenvalue weighted by Crippen LogP contribution is 2.27. The van der Waals surface area contributed by atoms with Crippen molar-refractivity contribution >= 4 is 11.9 Å². The third kappa shape index (κ3) is 3.37. The lowest BCUT2D eigenvalue weighted by Gasteiger charge is -2.39. The average Bonchev–Trinajstić information content (AvgIpc) is 2.19. The van der Waals surface area contributed by atoms with E-state index in [0.29, 0.717) is 0 Å². The van der Waals surface area contributed by atoms with Gasteiger partial charge in [0.15, 0.2) is 24.7 Å². The minimum Gasteiger partial charge on any atom is -0.456 e. The molecule has 0 aromatic rings. The maximum atomic E-state index is 13.6. The fourth-order valence-electron chi connectivity index (χ4n) is 1.66. The molecule has 1 saturated heterocycles. The van der Waals surface area contributed by atoms with E-state index in [2.05, 4.69) is 0 Å². The molecule has 7 heteroatoms. The highest BCUT2D eigenvalue weighted by molar-refractivity contribution is 5.67. The van der Waals surface area contributed by atoms with Crippen LogP contribution in [0, 0.1) is 0 Å². The van der Waals surface area contributed by atoms with Crippen LogP contribution in [0.3, 0.4) is 0 Å². The van der Waals surface area contributed by atoms with Gasteiger partial charge in [-0.25, -0.2) is 4.39 Å². The molecular weight excluding hydrogens is 235 g/mol. The van der Waals surface area contributed by atoms with Gasteiger partial charge in [-0.2, -0.15) is 0 Å². The maximum absolute atomic E-state index is 13.6. The number of hydrogen-bond donors (Lipinski definition) is 1. The Morgan fingerprint density at radius 3 is 2.12 bits per heavy atom. The second-order valence-corrected chi connectivity index (χ2v) is 3.82. The first-order valence-corrected chi connectivity index (χ1v) is 5.15. The zero-order valence-electron chi connectivity index (χ0n) is 9.75. The minimum atomic E-state index is -1.96. The van der Waals surface area contributed by atoms with Gasteiger partial charge in [-0.05, 0) is 6.92 Å². The van der Waals surface area contributed by atoms with Gasteiger partial charge in [0.25, 0.3) is 0 Å². The lowest BCUT2D eigenvalue weighted by Crippen LogP contribution is -2.57. The van der Waals surface area contributed by atoms with Crippen LogP contribution >= 0.6 is 0 Å². The zero-order chi connectivity index (χ0) is 13.2. The van der Waals surface area contributed by atoms with Crippen molar-refractivity contribution in [3.05, 3.63) is 0 Å². The monoisotopic (exact) mass is 250 g/mol. The van der Waals surface area contributed by atoms with Gasteiger partial charge >= 0.3 is 11.9 Å². The van der Waals surface area contributed by atoms with Crippen LogP contribution in [0.1, 0.15) is 20.8 Å². The third-order valence-corrected chi connectivity index (χ3v) is 2.33. The average molecular weight is 250 g/mol. The lowest BCUT2D eigenvalue weighted by atomic mass is 10.0. The molecule has 0 amide bonds. The molecule has 0 aromatic heterocycles. The summed E-state index contributed by atoms with van der Waals surface area (Å²) in [4.78, 5) is 21.7. The summed E-state index contributed by atoms with van der Waals surface area (Å²) >= 11 is 0. The van der Waals surface area contributed by atoms with Crippen molar-refractivity contribution in [2.24, 2.45) is 0 Å². The Labute approximate surface area is 97.6 Å². The molecule has 6 nitrogen and oxygen atoms in total. The van der Waals surface area contributed by atoms with Gasteiger partial charge in [0, 0.05) is 13.8 Å². The Morgan fingerprint density at radius 2 is 1.65 bits per heavy atom. The first-order valence-electron chi connectivity index (χ1n) is 5.15. The number of esters is 2. The molecule has 1 N–H and O–H groups in total. The SMILES string of the molecule is CC(=O)O[C@@H]1[C@H](OC(C)=O)[C@H](C)OC(O)[C@@H]1F. The molecule has 1 aliphatic rings. The summed E-state index contributed by atoms with van der Waals surface area (Å²) < 4.78 is 28.0. The molecular formula is C10H15FO6. The molecule has 98 valence electrons. The van der Waals surface area contributed by atoms with Crippen LogP contribution in [-0.2, 0) is 23.8 Å². The van der Waals surface area contributed by atoms with Crippen LogP contribution < -0.4 is 0 Å². The van der Waals surface area contributed by atoms with E-state index in [4.69, 9.17) is 14.2 Å². The molecule has 0 spiro atoms. The van der Waals surface area contributed by atoms with Crippen LogP contribution in [0.25, 0.3) is 0 Å². The van der Waals surface area contributed by atoms with Crippen molar-refractivity contribution in [3.63, 3.8) is 0 Å². The van der Waals surface area contributed by atoms with Crippen molar-refractivity contribution in [2.45, 2.75) is 51.5 Å². The van der Waals surface area contributed by atoms with Gasteiger partial charge < -0.3 is 19.3 Å². The van der Waals surface area contributed by atoms with E-state index in [0.717, 1.165) is 13.8 Å². The Morgan fingerprint density at radius 1 is 1.18 bits per heavy atom. The number of aliphatic hydroxyl groups excluding tert-OH is 1. The largest absolute Gasteiger partial charge is 0.456 e. The van der Waals surface area contributed by atoms with E-state index >= 15 is 0 Å². The maximum Gasteiger partial charge on any atom is 0.303 e. The highest BCUT2D eigenvalue weighted by Gasteiger charge is 2.48. The van der Waals surface area contributed by atoms with E-state index in [1.54, 1.807) is 0 Å². The summed E-state index contributed by atoms with van der Waals surface area (Å²) in [6, 6.07) is 0. The van der Waals surface area contributed by atoms with Crippen LogP contribution in [0.5, 0.6) is 0 Å². The van der Waals surface area contributed by atoms with Crippen molar-refractivity contribution in [1.82, 2.24) is 0 Å². The van der Waals surface area contributed by atoms with E-state index in [1.165, 1.54) is 6.92 Å². The van der Waals surface area contributed by atoms with E-state index in [1.807, 2.05) is 0 Å². The number of rotatable bonds is 2. The van der Waals surface area contributed by atoms with Gasteiger partial charge in [0.2, 0.25) is 0 Å². The Hall–Kier alpha value is -1.21. The fraction of sp³-hybridized carbons (Fsp3) is 0.800. The molecule has 1 fully saturated rings. The van der Waals surface area contributed by atoms with Gasteiger partial charge in [-0.3, -0.25) is 9.59 Å². The summed E-state index contributed by atoms with van der Waals surface area (Å²) in [6.45, 7) is 3.74. The third-order valence-electron chi connectivity index (χ3n) is 2.33. The van der Waals surface area contributed by atoms with Gasteiger partial charge in [-0.15, -0.1) is 0 Å². The van der Waals surface area contributed by atoms with Crippen molar-refractivity contribution in [2.75, 3.05) is 0 Å². The van der Waals surface area contributed by atoms with E-state index in [-0.39, 0.29) is 0 Å². The standard InChI is InChI=1S/C10H15FO6/c1-4-8(16-5(2)12)9(17-6(3)13)7(11)10(14)15-4/h4,7-10,14H,1-3H3/t4-,7+,8+,9-,10?/m0/s1. The molecule has 1 rings (SSSR count). The molecule has 0 bridgehead atoms. The molecule has 0 radical (unpaired) electrons. The molecule has 0 saturated carbocycles. The Kier molecular flexibility index (Phi) is 4.41. The first-order chi connectivity index (χ1) is 7.82. The van der Waals surface area contributed by atoms with Crippen LogP contribution in [0.4, 0.5) is 4.39 Å². The number of hydrogen-bond acceptors (Lipinski definition) is 6. The predicted molar refractivity (Wildman–Crippen MR) is 52.6 cm³/mol. The fourth-order valence-corrected chi connectivity index (χ4v) is 1.66. The van der Waals surface area contributed by atoms with Crippen molar-refractivity contribution in [1.29, 1.82) is 0 Å². The zero-order valence-corrected chi connectivity index (χ0v) is 9.75. The number of carbonyl (C=O) groups is 2. The van der Waals surface area contributed by atoms with Crippen molar-refractivity contribution < 1.29 is 33.3 Å². The summed E-state index contributed by atoms with van der Waals surface area (Å²) in [7, 11) is 0. The Balaban J connectivity index is 2.86. The minimum absolute atomic E-state index is 0.647. The Bertz CT molecular complexity index is 307. The topological polar surface area (TPSA) is 82.1 Å². The molecule has 0 aromatic carbocycles. The van der Waals surface area contributed by atoms with Crippen molar-refractivity contribution in [3.8, 4) is 0 Å².